The van der Waals surface area contributed by atoms with Crippen LogP contribution in [0.2, 0.25) is 0 Å². The SMILES string of the molecule is [C-]#[N+]C([C-]=O)=P(c1ccccc1)(c1ccccc1)c1ccccc1.[CH2-]C.[W+2]. The molecule has 0 aliphatic rings. The summed E-state index contributed by atoms with van der Waals surface area (Å²) in [4.78, 5) is 15.4. The zero-order chi connectivity index (χ0) is 18.8. The first kappa shape index (κ1) is 22.8. The fourth-order valence-corrected chi connectivity index (χ4v) is 6.71. The monoisotopic (exact) mass is 541 g/mol. The summed E-state index contributed by atoms with van der Waals surface area (Å²) in [5.74, 6) is 0. The second-order valence-electron chi connectivity index (χ2n) is 5.21. The van der Waals surface area contributed by atoms with Crippen LogP contribution in [0.1, 0.15) is 6.92 Å². The topological polar surface area (TPSA) is 21.4 Å². The molecule has 0 aliphatic carbocycles. The van der Waals surface area contributed by atoms with Gasteiger partial charge in [0.2, 0.25) is 0 Å². The van der Waals surface area contributed by atoms with Gasteiger partial charge in [0.25, 0.3) is 0 Å². The van der Waals surface area contributed by atoms with Crippen molar-refractivity contribution < 1.29 is 25.9 Å². The van der Waals surface area contributed by atoms with Gasteiger partial charge >= 0.3 is 21.1 Å². The van der Waals surface area contributed by atoms with Crippen LogP contribution in [0, 0.1) is 13.5 Å². The van der Waals surface area contributed by atoms with E-state index in [-0.39, 0.29) is 26.5 Å². The predicted molar refractivity (Wildman–Crippen MR) is 113 cm³/mol. The second-order valence-corrected chi connectivity index (χ2v) is 8.53. The molecule has 0 bridgehead atoms. The summed E-state index contributed by atoms with van der Waals surface area (Å²) in [6.07, 6.45) is 1.95. The molecular formula is C23H20NOPW. The minimum absolute atomic E-state index is 0. The number of rotatable bonds is 4. The van der Waals surface area contributed by atoms with E-state index in [1.54, 1.807) is 6.92 Å². The van der Waals surface area contributed by atoms with Crippen LogP contribution in [-0.4, -0.2) is 11.7 Å². The fourth-order valence-electron chi connectivity index (χ4n) is 2.94. The Kier molecular flexibility index (Phi) is 9.74. The molecule has 0 radical (unpaired) electrons. The van der Waals surface area contributed by atoms with Crippen LogP contribution in [0.4, 0.5) is 0 Å². The van der Waals surface area contributed by atoms with Crippen LogP contribution in [0.25, 0.3) is 4.85 Å². The van der Waals surface area contributed by atoms with Crippen LogP contribution in [0.3, 0.4) is 0 Å². The third-order valence-corrected chi connectivity index (χ3v) is 7.99. The molecule has 3 rings (SSSR count). The quantitative estimate of drug-likeness (QED) is 0.362. The summed E-state index contributed by atoms with van der Waals surface area (Å²) in [5.41, 5.74) is 0.145. The van der Waals surface area contributed by atoms with Crippen molar-refractivity contribution in [2.24, 2.45) is 0 Å². The summed E-state index contributed by atoms with van der Waals surface area (Å²) < 4.78 is 0. The van der Waals surface area contributed by atoms with Crippen LogP contribution in [0.15, 0.2) is 91.0 Å². The van der Waals surface area contributed by atoms with E-state index in [4.69, 9.17) is 6.57 Å². The van der Waals surface area contributed by atoms with Crippen LogP contribution in [0.5, 0.6) is 0 Å². The van der Waals surface area contributed by atoms with Crippen molar-refractivity contribution in [3.63, 3.8) is 0 Å². The minimum Gasteiger partial charge on any atom is -0.550 e. The molecule has 0 atom stereocenters. The Bertz CT molecular complexity index is 829. The Labute approximate surface area is 176 Å². The van der Waals surface area contributed by atoms with Crippen molar-refractivity contribution in [1.82, 2.24) is 0 Å². The molecule has 4 heteroatoms. The van der Waals surface area contributed by atoms with Gasteiger partial charge in [0.1, 0.15) is 0 Å². The van der Waals surface area contributed by atoms with Gasteiger partial charge in [-0.2, -0.15) is 6.92 Å². The van der Waals surface area contributed by atoms with Gasteiger partial charge in [-0.05, 0) is 22.8 Å². The molecule has 0 unspecified atom stereocenters. The molecule has 0 N–H and O–H groups in total. The van der Waals surface area contributed by atoms with E-state index in [1.165, 1.54) is 0 Å². The Hall–Kier alpha value is -2.19. The molecule has 0 heterocycles. The van der Waals surface area contributed by atoms with Gasteiger partial charge in [0.05, 0.1) is 12.0 Å². The molecule has 2 nitrogen and oxygen atoms in total. The molecule has 3 aromatic carbocycles. The largest absolute Gasteiger partial charge is 2.00 e. The molecule has 0 spiro atoms. The Morgan fingerprint density at radius 1 is 0.778 bits per heavy atom. The number of hydrogen-bond acceptors (Lipinski definition) is 1. The number of benzene rings is 3. The fraction of sp³-hybridized carbons (Fsp3) is 0.0435. The molecule has 0 aromatic heterocycles. The summed E-state index contributed by atoms with van der Waals surface area (Å²) in [6, 6.07) is 29.5. The molecular weight excluding hydrogens is 521 g/mol. The number of nitrogens with zero attached hydrogens (tertiary/aromatic N) is 1. The summed E-state index contributed by atoms with van der Waals surface area (Å²) >= 11 is 0. The summed E-state index contributed by atoms with van der Waals surface area (Å²) in [6.45, 7) is 10.1. The third kappa shape index (κ3) is 4.56. The Morgan fingerprint density at radius 3 is 1.30 bits per heavy atom. The van der Waals surface area contributed by atoms with Crippen molar-refractivity contribution in [3.05, 3.63) is 109 Å². The van der Waals surface area contributed by atoms with E-state index in [9.17, 15) is 4.79 Å². The van der Waals surface area contributed by atoms with Crippen molar-refractivity contribution in [1.29, 1.82) is 0 Å². The van der Waals surface area contributed by atoms with Crippen LogP contribution >= 0.6 is 6.89 Å². The Morgan fingerprint density at radius 2 is 1.07 bits per heavy atom. The smallest absolute Gasteiger partial charge is 0.550 e. The molecule has 0 saturated heterocycles. The summed E-state index contributed by atoms with van der Waals surface area (Å²) in [7, 11) is 0. The van der Waals surface area contributed by atoms with Crippen molar-refractivity contribution in [2.75, 3.05) is 0 Å². The van der Waals surface area contributed by atoms with E-state index in [0.717, 1.165) is 15.9 Å². The van der Waals surface area contributed by atoms with Gasteiger partial charge in [-0.1, -0.05) is 91.0 Å². The van der Waals surface area contributed by atoms with E-state index in [0.29, 0.717) is 0 Å². The maximum absolute atomic E-state index is 11.8. The average Bonchev–Trinajstić information content (AvgIpc) is 2.75. The maximum atomic E-state index is 11.8. The average molecular weight is 541 g/mol. The van der Waals surface area contributed by atoms with E-state index in [1.807, 2.05) is 97.3 Å². The first-order chi connectivity index (χ1) is 12.8. The number of hydrogen-bond donors (Lipinski definition) is 0. The molecule has 0 fully saturated rings. The molecule has 0 amide bonds. The predicted octanol–water partition coefficient (Wildman–Crippen LogP) is 3.98. The second kappa shape index (κ2) is 11.5. The minimum atomic E-state index is -2.52. The van der Waals surface area contributed by atoms with Gasteiger partial charge < -0.3 is 11.7 Å². The van der Waals surface area contributed by atoms with E-state index in [2.05, 4.69) is 11.8 Å². The van der Waals surface area contributed by atoms with E-state index < -0.39 is 6.89 Å². The zero-order valence-electron chi connectivity index (χ0n) is 15.1. The van der Waals surface area contributed by atoms with Crippen molar-refractivity contribution in [2.45, 2.75) is 6.92 Å². The van der Waals surface area contributed by atoms with Gasteiger partial charge in [0, 0.05) is 0 Å². The number of carbonyl (C=O) groups excluding carboxylic acids is 1. The normalized spacial score (nSPS) is 9.67. The standard InChI is InChI=1S/C21H15NOP.C2H5.W/c1-22-21(17-23)24(18-11-5-2-6-12-18,19-13-7-3-8-14-19)20-15-9-4-10-16-20;1-2;/h2-16H;1H2,2H3;/q2*-1;+2. The zero-order valence-corrected chi connectivity index (χ0v) is 18.9. The first-order valence-electron chi connectivity index (χ1n) is 8.23. The first-order valence-corrected chi connectivity index (χ1v) is 10.0. The molecule has 0 saturated carbocycles. The van der Waals surface area contributed by atoms with E-state index >= 15 is 0 Å². The van der Waals surface area contributed by atoms with Gasteiger partial charge in [-0.15, -0.1) is 0 Å². The summed E-state index contributed by atoms with van der Waals surface area (Å²) in [5, 5.41) is 2.95. The maximum Gasteiger partial charge on any atom is 2.00 e. The molecule has 134 valence electrons. The molecule has 0 aliphatic heterocycles. The van der Waals surface area contributed by atoms with Crippen molar-refractivity contribution in [3.8, 4) is 0 Å². The molecule has 27 heavy (non-hydrogen) atoms. The van der Waals surface area contributed by atoms with Gasteiger partial charge in [-0.3, -0.25) is 11.1 Å². The van der Waals surface area contributed by atoms with Crippen molar-refractivity contribution >= 4 is 34.5 Å². The Balaban J connectivity index is 0.00000118. The van der Waals surface area contributed by atoms with Crippen LogP contribution in [-0.2, 0) is 25.9 Å². The third-order valence-electron chi connectivity index (χ3n) is 3.95. The van der Waals surface area contributed by atoms with Gasteiger partial charge in [-0.25, -0.2) is 0 Å². The molecule has 3 aromatic rings. The van der Waals surface area contributed by atoms with Gasteiger partial charge in [0.15, 0.2) is 0 Å². The van der Waals surface area contributed by atoms with Crippen LogP contribution < -0.4 is 15.9 Å².